The average molecular weight is 567 g/mol. The predicted molar refractivity (Wildman–Crippen MR) is 143 cm³/mol. The van der Waals surface area contributed by atoms with Crippen LogP contribution in [0.5, 0.6) is 11.5 Å². The molecule has 2 atom stereocenters. The molecule has 1 amide bonds. The lowest BCUT2D eigenvalue weighted by molar-refractivity contribution is -0.0147. The minimum absolute atomic E-state index is 0.0954. The Morgan fingerprint density at radius 1 is 1.24 bits per heavy atom. The maximum atomic E-state index is 14.7. The van der Waals surface area contributed by atoms with E-state index >= 15 is 0 Å². The topological polar surface area (TPSA) is 106 Å². The molecule has 1 fully saturated rings. The second-order valence-corrected chi connectivity index (χ2v) is 10.6. The lowest BCUT2D eigenvalue weighted by Crippen LogP contribution is -2.51. The highest BCUT2D eigenvalue weighted by Gasteiger charge is 2.35. The number of hydrogen-bond donors (Lipinski definition) is 2. The lowest BCUT2D eigenvalue weighted by Gasteiger charge is -2.39. The van der Waals surface area contributed by atoms with Crippen LogP contribution in [-0.4, -0.2) is 64.1 Å². The lowest BCUT2D eigenvalue weighted by atomic mass is 10.00. The number of piperidine rings is 1. The van der Waals surface area contributed by atoms with Gasteiger partial charge in [-0.3, -0.25) is 0 Å². The third-order valence-electron chi connectivity index (χ3n) is 6.01. The largest absolute Gasteiger partial charge is 0.493 e. The third kappa shape index (κ3) is 6.14. The van der Waals surface area contributed by atoms with Crippen LogP contribution in [0.3, 0.4) is 0 Å². The first-order valence-electron chi connectivity index (χ1n) is 12.0. The number of carbonyl (C=O) groups is 1. The zero-order valence-electron chi connectivity index (χ0n) is 21.4. The number of ether oxygens (including phenoxy) is 3. The van der Waals surface area contributed by atoms with Crippen LogP contribution in [0.4, 0.5) is 20.7 Å². The molecule has 0 saturated carbocycles. The number of methoxy groups -OCH3 is 1. The molecule has 3 aromatic rings. The number of benzene rings is 2. The van der Waals surface area contributed by atoms with E-state index in [-0.39, 0.29) is 28.4 Å². The fraction of sp³-hybridized carbons (Fsp3) is 0.423. The summed E-state index contributed by atoms with van der Waals surface area (Å²) in [5.41, 5.74) is -0.00473. The zero-order chi connectivity index (χ0) is 27.6. The number of carbonyl (C=O) groups excluding carboxylic acids is 1. The Balaban J connectivity index is 1.59. The van der Waals surface area contributed by atoms with Gasteiger partial charge < -0.3 is 29.5 Å². The standard InChI is InChI=1S/C26H29Cl2FN4O5/c1-26(2,3)38-25(35)33-8-7-15(9-14(33)12-34)37-21-10-16-19(11-20(21)36-4)30-13-31-24(16)32-18-6-5-17(27)22(28)23(18)29/h5-6,10-11,13-15,34H,7-9,12H2,1-4H3,(H,30,31,32). The molecule has 38 heavy (non-hydrogen) atoms. The first kappa shape index (κ1) is 27.9. The minimum Gasteiger partial charge on any atom is -0.493 e. The van der Waals surface area contributed by atoms with Crippen molar-refractivity contribution < 1.29 is 28.5 Å². The number of aliphatic hydroxyl groups excluding tert-OH is 1. The fourth-order valence-corrected chi connectivity index (χ4v) is 4.51. The van der Waals surface area contributed by atoms with E-state index in [9.17, 15) is 14.3 Å². The molecule has 9 nitrogen and oxygen atoms in total. The first-order valence-corrected chi connectivity index (χ1v) is 12.8. The number of hydrogen-bond acceptors (Lipinski definition) is 8. The first-order chi connectivity index (χ1) is 18.0. The Hall–Kier alpha value is -3.08. The van der Waals surface area contributed by atoms with Crippen LogP contribution in [0.2, 0.25) is 10.0 Å². The van der Waals surface area contributed by atoms with Crippen molar-refractivity contribution in [2.75, 3.05) is 25.6 Å². The molecule has 2 unspecified atom stereocenters. The van der Waals surface area contributed by atoms with Crippen molar-refractivity contribution in [3.05, 3.63) is 46.5 Å². The van der Waals surface area contributed by atoms with Gasteiger partial charge in [0.05, 0.1) is 41.0 Å². The Bertz CT molecular complexity index is 1340. The fourth-order valence-electron chi connectivity index (χ4n) is 4.20. The summed E-state index contributed by atoms with van der Waals surface area (Å²) in [4.78, 5) is 22.7. The average Bonchev–Trinajstić information content (AvgIpc) is 2.87. The number of amides is 1. The van der Waals surface area contributed by atoms with Gasteiger partial charge in [-0.05, 0) is 39.0 Å². The van der Waals surface area contributed by atoms with Crippen LogP contribution < -0.4 is 14.8 Å². The van der Waals surface area contributed by atoms with Crippen molar-refractivity contribution in [1.82, 2.24) is 14.9 Å². The summed E-state index contributed by atoms with van der Waals surface area (Å²) in [7, 11) is 1.51. The van der Waals surface area contributed by atoms with Gasteiger partial charge >= 0.3 is 6.09 Å². The van der Waals surface area contributed by atoms with Crippen LogP contribution in [0.15, 0.2) is 30.6 Å². The van der Waals surface area contributed by atoms with Crippen LogP contribution in [0.25, 0.3) is 10.9 Å². The van der Waals surface area contributed by atoms with E-state index in [2.05, 4.69) is 15.3 Å². The number of nitrogens with one attached hydrogen (secondary N) is 1. The number of nitrogens with zero attached hydrogens (tertiary/aromatic N) is 3. The van der Waals surface area contributed by atoms with Crippen molar-refractivity contribution in [1.29, 1.82) is 0 Å². The Morgan fingerprint density at radius 3 is 2.68 bits per heavy atom. The molecule has 1 aliphatic rings. The molecule has 2 heterocycles. The van der Waals surface area contributed by atoms with E-state index in [1.807, 2.05) is 0 Å². The quantitative estimate of drug-likeness (QED) is 0.351. The molecule has 204 valence electrons. The molecular formula is C26H29Cl2FN4O5. The highest BCUT2D eigenvalue weighted by Crippen LogP contribution is 2.38. The number of rotatable bonds is 6. The maximum absolute atomic E-state index is 14.7. The van der Waals surface area contributed by atoms with Gasteiger partial charge in [-0.25, -0.2) is 19.2 Å². The summed E-state index contributed by atoms with van der Waals surface area (Å²) in [6, 6.07) is 5.89. The molecule has 0 spiro atoms. The number of likely N-dealkylation sites (tertiary alicyclic amines) is 1. The molecule has 0 aliphatic carbocycles. The summed E-state index contributed by atoms with van der Waals surface area (Å²) in [6.45, 7) is 5.51. The molecule has 0 bridgehead atoms. The summed E-state index contributed by atoms with van der Waals surface area (Å²) in [5, 5.41) is 13.4. The summed E-state index contributed by atoms with van der Waals surface area (Å²) in [5.74, 6) is 0.480. The molecule has 1 aliphatic heterocycles. The van der Waals surface area contributed by atoms with E-state index in [1.165, 1.54) is 30.5 Å². The molecule has 2 aromatic carbocycles. The van der Waals surface area contributed by atoms with Gasteiger partial charge in [0.15, 0.2) is 17.3 Å². The monoisotopic (exact) mass is 566 g/mol. The van der Waals surface area contributed by atoms with E-state index in [0.29, 0.717) is 47.6 Å². The van der Waals surface area contributed by atoms with Gasteiger partial charge in [0.1, 0.15) is 23.9 Å². The second-order valence-electron chi connectivity index (χ2n) is 9.86. The van der Waals surface area contributed by atoms with Gasteiger partial charge in [0, 0.05) is 30.8 Å². The number of halogens is 3. The SMILES string of the molecule is COc1cc2ncnc(Nc3ccc(Cl)c(Cl)c3F)c2cc1OC1CCN(C(=O)OC(C)(C)C)C(CO)C1. The highest BCUT2D eigenvalue weighted by molar-refractivity contribution is 6.42. The minimum atomic E-state index is -0.706. The number of fused-ring (bicyclic) bond motifs is 1. The van der Waals surface area contributed by atoms with E-state index < -0.39 is 23.6 Å². The second kappa shape index (κ2) is 11.3. The molecule has 1 aromatic heterocycles. The molecule has 12 heteroatoms. The van der Waals surface area contributed by atoms with Crippen LogP contribution in [0.1, 0.15) is 33.6 Å². The third-order valence-corrected chi connectivity index (χ3v) is 6.79. The predicted octanol–water partition coefficient (Wildman–Crippen LogP) is 5.97. The molecule has 0 radical (unpaired) electrons. The number of aliphatic hydroxyl groups is 1. The molecular weight excluding hydrogens is 538 g/mol. The van der Waals surface area contributed by atoms with Crippen molar-refractivity contribution in [3.8, 4) is 11.5 Å². The van der Waals surface area contributed by atoms with Crippen LogP contribution >= 0.6 is 23.2 Å². The molecule has 2 N–H and O–H groups in total. The van der Waals surface area contributed by atoms with Gasteiger partial charge in [-0.1, -0.05) is 23.2 Å². The summed E-state index contributed by atoms with van der Waals surface area (Å²) >= 11 is 11.9. The Morgan fingerprint density at radius 2 is 2.00 bits per heavy atom. The molecule has 4 rings (SSSR count). The zero-order valence-corrected chi connectivity index (χ0v) is 22.9. The summed E-state index contributed by atoms with van der Waals surface area (Å²) in [6.07, 6.45) is 1.47. The van der Waals surface area contributed by atoms with E-state index in [1.54, 1.807) is 32.9 Å². The molecule has 1 saturated heterocycles. The van der Waals surface area contributed by atoms with Gasteiger partial charge in [0.2, 0.25) is 0 Å². The van der Waals surface area contributed by atoms with Crippen molar-refractivity contribution in [3.63, 3.8) is 0 Å². The Kier molecular flexibility index (Phi) is 8.34. The van der Waals surface area contributed by atoms with Gasteiger partial charge in [-0.15, -0.1) is 0 Å². The van der Waals surface area contributed by atoms with E-state index in [0.717, 1.165) is 0 Å². The van der Waals surface area contributed by atoms with Gasteiger partial charge in [-0.2, -0.15) is 0 Å². The summed E-state index contributed by atoms with van der Waals surface area (Å²) < 4.78 is 32.0. The van der Waals surface area contributed by atoms with Crippen molar-refractivity contribution >= 4 is 51.7 Å². The smallest absolute Gasteiger partial charge is 0.410 e. The maximum Gasteiger partial charge on any atom is 0.410 e. The normalized spacial score (nSPS) is 17.8. The Labute approximate surface area is 229 Å². The van der Waals surface area contributed by atoms with Crippen LogP contribution in [-0.2, 0) is 4.74 Å². The highest BCUT2D eigenvalue weighted by atomic mass is 35.5. The van der Waals surface area contributed by atoms with E-state index in [4.69, 9.17) is 37.4 Å². The van der Waals surface area contributed by atoms with Gasteiger partial charge in [0.25, 0.3) is 0 Å². The van der Waals surface area contributed by atoms with Crippen molar-refractivity contribution in [2.24, 2.45) is 0 Å². The number of anilines is 2. The number of aromatic nitrogens is 2. The van der Waals surface area contributed by atoms with Crippen LogP contribution in [0, 0.1) is 5.82 Å². The van der Waals surface area contributed by atoms with Crippen molar-refractivity contribution in [2.45, 2.75) is 51.4 Å².